The van der Waals surface area contributed by atoms with Gasteiger partial charge in [0.2, 0.25) is 0 Å². The number of hydrogen-bond donors (Lipinski definition) is 2. The van der Waals surface area contributed by atoms with Gasteiger partial charge in [-0.15, -0.1) is 0 Å². The predicted molar refractivity (Wildman–Crippen MR) is 83.7 cm³/mol. The summed E-state index contributed by atoms with van der Waals surface area (Å²) in [6.07, 6.45) is 6.44. The van der Waals surface area contributed by atoms with Crippen LogP contribution in [-0.4, -0.2) is 22.4 Å². The first-order valence-electron chi connectivity index (χ1n) is 9.08. The van der Waals surface area contributed by atoms with Gasteiger partial charge < -0.3 is 10.2 Å². The molecule has 0 aliphatic heterocycles. The molecule has 2 N–H and O–H groups in total. The van der Waals surface area contributed by atoms with Crippen molar-refractivity contribution in [2.45, 2.75) is 78.4 Å². The van der Waals surface area contributed by atoms with E-state index in [2.05, 4.69) is 27.7 Å². The van der Waals surface area contributed by atoms with Crippen molar-refractivity contribution in [1.82, 2.24) is 0 Å². The van der Waals surface area contributed by atoms with Crippen molar-refractivity contribution in [3.8, 4) is 0 Å². The van der Waals surface area contributed by atoms with Crippen LogP contribution in [0.2, 0.25) is 0 Å². The van der Waals surface area contributed by atoms with Gasteiger partial charge >= 0.3 is 0 Å². The van der Waals surface area contributed by atoms with E-state index in [4.69, 9.17) is 0 Å². The van der Waals surface area contributed by atoms with Gasteiger partial charge in [0, 0.05) is 0 Å². The van der Waals surface area contributed by atoms with Gasteiger partial charge in [0.1, 0.15) is 0 Å². The molecule has 4 rings (SSSR count). The minimum absolute atomic E-state index is 0.216. The van der Waals surface area contributed by atoms with E-state index in [1.54, 1.807) is 0 Å². The van der Waals surface area contributed by atoms with Crippen molar-refractivity contribution < 1.29 is 10.2 Å². The molecule has 120 valence electrons. The lowest BCUT2D eigenvalue weighted by Crippen LogP contribution is -2.52. The number of aliphatic hydroxyl groups is 2. The number of rotatable bonds is 0. The summed E-state index contributed by atoms with van der Waals surface area (Å²) in [5.74, 6) is 2.32. The molecular formula is C19H32O2. The third-order valence-corrected chi connectivity index (χ3v) is 8.59. The van der Waals surface area contributed by atoms with Gasteiger partial charge in [0.25, 0.3) is 0 Å². The topological polar surface area (TPSA) is 40.5 Å². The van der Waals surface area contributed by atoms with Gasteiger partial charge in [-0.1, -0.05) is 27.7 Å². The Hall–Kier alpha value is -0.0800. The maximum atomic E-state index is 10.6. The molecule has 0 aromatic rings. The zero-order valence-corrected chi connectivity index (χ0v) is 14.1. The van der Waals surface area contributed by atoms with Crippen molar-refractivity contribution in [1.29, 1.82) is 0 Å². The first-order chi connectivity index (χ1) is 9.72. The van der Waals surface area contributed by atoms with E-state index in [0.29, 0.717) is 29.1 Å². The molecule has 8 atom stereocenters. The van der Waals surface area contributed by atoms with Crippen LogP contribution in [0.3, 0.4) is 0 Å². The molecule has 0 aromatic carbocycles. The fourth-order valence-corrected chi connectivity index (χ4v) is 8.06. The van der Waals surface area contributed by atoms with E-state index in [1.807, 2.05) is 0 Å². The Morgan fingerprint density at radius 1 is 0.905 bits per heavy atom. The second-order valence-corrected chi connectivity index (χ2v) is 9.86. The summed E-state index contributed by atoms with van der Waals surface area (Å²) >= 11 is 0. The molecule has 2 nitrogen and oxygen atoms in total. The molecular weight excluding hydrogens is 260 g/mol. The number of aliphatic hydroxyl groups excluding tert-OH is 2. The Balaban J connectivity index is 1.82. The first kappa shape index (κ1) is 14.5. The molecule has 1 unspecified atom stereocenters. The average Bonchev–Trinajstić information content (AvgIpc) is 2.92. The second kappa shape index (κ2) is 4.06. The fraction of sp³-hybridized carbons (Fsp3) is 1.00. The van der Waals surface area contributed by atoms with Crippen molar-refractivity contribution in [3.63, 3.8) is 0 Å². The summed E-state index contributed by atoms with van der Waals surface area (Å²) in [6, 6.07) is 0. The SMILES string of the molecule is C[C@H]1[C@H](O)C[C@@H](O)C2CC[C@H]3[C@@H]4C(C)(C)CC[C@]4(C)C[C@]213. The molecule has 4 aliphatic carbocycles. The molecule has 0 radical (unpaired) electrons. The zero-order chi connectivity index (χ0) is 15.2. The molecule has 0 saturated heterocycles. The average molecular weight is 292 g/mol. The van der Waals surface area contributed by atoms with Crippen LogP contribution in [0.5, 0.6) is 0 Å². The highest BCUT2D eigenvalue weighted by molar-refractivity contribution is 5.20. The third kappa shape index (κ3) is 1.57. The monoisotopic (exact) mass is 292 g/mol. The van der Waals surface area contributed by atoms with Crippen LogP contribution in [0, 0.1) is 39.9 Å². The molecule has 0 heterocycles. The second-order valence-electron chi connectivity index (χ2n) is 9.86. The summed E-state index contributed by atoms with van der Waals surface area (Å²) in [7, 11) is 0. The first-order valence-corrected chi connectivity index (χ1v) is 9.08. The smallest absolute Gasteiger partial charge is 0.0598 e. The van der Waals surface area contributed by atoms with Gasteiger partial charge in [0.05, 0.1) is 12.2 Å². The van der Waals surface area contributed by atoms with Crippen LogP contribution in [0.15, 0.2) is 0 Å². The standard InChI is InChI=1S/C19H32O2/c1-11-14(20)9-15(21)12-5-6-13-16-17(2,3)7-8-18(16,4)10-19(11,12)13/h11-16,20-21H,5-10H2,1-4H3/t11-,12?,13-,14+,15+,16+,18+,19+/m0/s1. The Morgan fingerprint density at radius 3 is 2.29 bits per heavy atom. The summed E-state index contributed by atoms with van der Waals surface area (Å²) in [6.45, 7) is 9.72. The Labute approximate surface area is 129 Å². The Kier molecular flexibility index (Phi) is 2.80. The third-order valence-electron chi connectivity index (χ3n) is 8.59. The minimum atomic E-state index is -0.303. The summed E-state index contributed by atoms with van der Waals surface area (Å²) in [5.41, 5.74) is 1.09. The highest BCUT2D eigenvalue weighted by Crippen LogP contribution is 2.77. The van der Waals surface area contributed by atoms with Crippen LogP contribution < -0.4 is 0 Å². The highest BCUT2D eigenvalue weighted by Gasteiger charge is 2.72. The largest absolute Gasteiger partial charge is 0.393 e. The van der Waals surface area contributed by atoms with Gasteiger partial charge in [-0.2, -0.15) is 0 Å². The van der Waals surface area contributed by atoms with Crippen LogP contribution >= 0.6 is 0 Å². The van der Waals surface area contributed by atoms with E-state index in [9.17, 15) is 10.2 Å². The van der Waals surface area contributed by atoms with Crippen LogP contribution in [0.4, 0.5) is 0 Å². The van der Waals surface area contributed by atoms with Crippen molar-refractivity contribution in [2.24, 2.45) is 39.9 Å². The van der Waals surface area contributed by atoms with E-state index < -0.39 is 0 Å². The maximum absolute atomic E-state index is 10.6. The normalized spacial score (nSPS) is 61.4. The van der Waals surface area contributed by atoms with E-state index >= 15 is 0 Å². The molecule has 0 aromatic heterocycles. The molecule has 4 fully saturated rings. The van der Waals surface area contributed by atoms with Gasteiger partial charge in [0.15, 0.2) is 0 Å². The zero-order valence-electron chi connectivity index (χ0n) is 14.1. The van der Waals surface area contributed by atoms with Crippen LogP contribution in [-0.2, 0) is 0 Å². The molecule has 21 heavy (non-hydrogen) atoms. The predicted octanol–water partition coefficient (Wildman–Crippen LogP) is 3.61. The number of fused-ring (bicyclic) bond motifs is 2. The fourth-order valence-electron chi connectivity index (χ4n) is 8.06. The Bertz CT molecular complexity index is 458. The van der Waals surface area contributed by atoms with Crippen molar-refractivity contribution >= 4 is 0 Å². The van der Waals surface area contributed by atoms with Crippen molar-refractivity contribution in [3.05, 3.63) is 0 Å². The van der Waals surface area contributed by atoms with Crippen LogP contribution in [0.1, 0.15) is 66.2 Å². The van der Waals surface area contributed by atoms with E-state index in [1.165, 1.54) is 32.1 Å². The lowest BCUT2D eigenvalue weighted by atomic mass is 9.55. The molecule has 4 saturated carbocycles. The van der Waals surface area contributed by atoms with E-state index in [0.717, 1.165) is 11.8 Å². The highest BCUT2D eigenvalue weighted by atomic mass is 16.3. The molecule has 1 spiro atoms. The van der Waals surface area contributed by atoms with E-state index in [-0.39, 0.29) is 17.6 Å². The van der Waals surface area contributed by atoms with Crippen LogP contribution in [0.25, 0.3) is 0 Å². The van der Waals surface area contributed by atoms with Gasteiger partial charge in [-0.05, 0) is 78.4 Å². The van der Waals surface area contributed by atoms with Gasteiger partial charge in [-0.25, -0.2) is 0 Å². The molecule has 0 amide bonds. The van der Waals surface area contributed by atoms with Crippen molar-refractivity contribution in [2.75, 3.05) is 0 Å². The lowest BCUT2D eigenvalue weighted by molar-refractivity contribution is -0.124. The summed E-state index contributed by atoms with van der Waals surface area (Å²) in [5, 5.41) is 21.2. The molecule has 4 aliphatic rings. The lowest BCUT2D eigenvalue weighted by Gasteiger charge is -2.51. The molecule has 2 heteroatoms. The summed E-state index contributed by atoms with van der Waals surface area (Å²) in [4.78, 5) is 0. The quantitative estimate of drug-likeness (QED) is 0.716. The Morgan fingerprint density at radius 2 is 1.57 bits per heavy atom. The van der Waals surface area contributed by atoms with Gasteiger partial charge in [-0.3, -0.25) is 0 Å². The molecule has 0 bridgehead atoms. The minimum Gasteiger partial charge on any atom is -0.393 e. The maximum Gasteiger partial charge on any atom is 0.0598 e. The number of hydrogen-bond acceptors (Lipinski definition) is 2. The summed E-state index contributed by atoms with van der Waals surface area (Å²) < 4.78 is 0.